The minimum atomic E-state index is -0.296. The Balaban J connectivity index is 1.56. The van der Waals surface area contributed by atoms with Crippen LogP contribution in [0.15, 0.2) is 66.9 Å². The Bertz CT molecular complexity index is 921. The minimum Gasteiger partial charge on any atom is -0.372 e. The highest BCUT2D eigenvalue weighted by molar-refractivity contribution is 5.94. The summed E-state index contributed by atoms with van der Waals surface area (Å²) in [5.41, 5.74) is 3.41. The lowest BCUT2D eigenvalue weighted by Gasteiger charge is -2.21. The molecule has 150 valence electrons. The second-order valence-corrected chi connectivity index (χ2v) is 6.59. The van der Waals surface area contributed by atoms with E-state index in [1.807, 2.05) is 12.1 Å². The second-order valence-electron chi connectivity index (χ2n) is 6.59. The molecule has 1 heterocycles. The Labute approximate surface area is 170 Å². The molecule has 0 unspecified atom stereocenters. The van der Waals surface area contributed by atoms with Crippen molar-refractivity contribution in [2.24, 2.45) is 0 Å². The number of carbonyl (C=O) groups excluding carboxylic acids is 1. The second kappa shape index (κ2) is 9.68. The molecule has 0 spiro atoms. The number of carbonyl (C=O) groups is 1. The Morgan fingerprint density at radius 1 is 0.966 bits per heavy atom. The summed E-state index contributed by atoms with van der Waals surface area (Å²) >= 11 is 0. The van der Waals surface area contributed by atoms with Gasteiger partial charge in [0.25, 0.3) is 5.91 Å². The van der Waals surface area contributed by atoms with Crippen LogP contribution in [0.1, 0.15) is 29.8 Å². The molecule has 3 aromatic rings. The maximum Gasteiger partial charge on any atom is 0.253 e. The van der Waals surface area contributed by atoms with Gasteiger partial charge in [0, 0.05) is 37.2 Å². The van der Waals surface area contributed by atoms with Gasteiger partial charge < -0.3 is 15.5 Å². The first-order chi connectivity index (χ1) is 14.1. The van der Waals surface area contributed by atoms with Crippen molar-refractivity contribution in [1.29, 1.82) is 0 Å². The molecule has 0 saturated carbocycles. The number of aromatic nitrogens is 1. The van der Waals surface area contributed by atoms with Crippen LogP contribution in [0.2, 0.25) is 0 Å². The highest BCUT2D eigenvalue weighted by Crippen LogP contribution is 2.20. The molecule has 1 aromatic heterocycles. The van der Waals surface area contributed by atoms with E-state index in [-0.39, 0.29) is 11.7 Å². The summed E-state index contributed by atoms with van der Waals surface area (Å²) in [6.45, 7) is 6.54. The Morgan fingerprint density at radius 2 is 1.66 bits per heavy atom. The van der Waals surface area contributed by atoms with Crippen LogP contribution < -0.4 is 15.5 Å². The largest absolute Gasteiger partial charge is 0.372 e. The minimum absolute atomic E-state index is 0.225. The van der Waals surface area contributed by atoms with Crippen molar-refractivity contribution in [1.82, 2.24) is 10.3 Å². The molecule has 0 bridgehead atoms. The van der Waals surface area contributed by atoms with Crippen LogP contribution in [0.5, 0.6) is 0 Å². The number of nitrogens with one attached hydrogen (secondary N) is 2. The fourth-order valence-electron chi connectivity index (χ4n) is 2.98. The van der Waals surface area contributed by atoms with E-state index in [9.17, 15) is 9.18 Å². The van der Waals surface area contributed by atoms with E-state index in [2.05, 4.69) is 46.5 Å². The van der Waals surface area contributed by atoms with E-state index in [0.717, 1.165) is 24.3 Å². The fraction of sp³-hybridized carbons (Fsp3) is 0.217. The van der Waals surface area contributed by atoms with Crippen LogP contribution in [0, 0.1) is 5.82 Å². The van der Waals surface area contributed by atoms with Gasteiger partial charge in [-0.1, -0.05) is 12.1 Å². The third-order valence-corrected chi connectivity index (χ3v) is 4.66. The molecule has 1 amide bonds. The smallest absolute Gasteiger partial charge is 0.253 e. The highest BCUT2D eigenvalue weighted by atomic mass is 19.1. The summed E-state index contributed by atoms with van der Waals surface area (Å²) in [4.78, 5) is 18.9. The molecule has 3 rings (SSSR count). The van der Waals surface area contributed by atoms with Gasteiger partial charge in [-0.25, -0.2) is 9.37 Å². The highest BCUT2D eigenvalue weighted by Gasteiger charge is 2.07. The number of pyridine rings is 1. The summed E-state index contributed by atoms with van der Waals surface area (Å²) in [7, 11) is 0. The standard InChI is InChI=1S/C23H25FN4O/c1-3-28(4-2)21-12-10-20(11-13-21)27-22-14-7-18(16-25-22)23(29)26-15-17-5-8-19(24)9-6-17/h5-14,16H,3-4,15H2,1-2H3,(H,25,27)(H,26,29). The van der Waals surface area contributed by atoms with Crippen LogP contribution in [-0.2, 0) is 6.54 Å². The molecule has 29 heavy (non-hydrogen) atoms. The normalized spacial score (nSPS) is 10.4. The molecule has 2 aromatic carbocycles. The molecule has 2 N–H and O–H groups in total. The van der Waals surface area contributed by atoms with Crippen molar-refractivity contribution in [3.05, 3.63) is 83.8 Å². The van der Waals surface area contributed by atoms with Gasteiger partial charge >= 0.3 is 0 Å². The van der Waals surface area contributed by atoms with Crippen LogP contribution in [0.25, 0.3) is 0 Å². The summed E-state index contributed by atoms with van der Waals surface area (Å²) in [6, 6.07) is 17.7. The molecule has 0 saturated heterocycles. The third-order valence-electron chi connectivity index (χ3n) is 4.66. The van der Waals surface area contributed by atoms with Crippen molar-refractivity contribution in [2.45, 2.75) is 20.4 Å². The monoisotopic (exact) mass is 392 g/mol. The van der Waals surface area contributed by atoms with Gasteiger partial charge in [-0.05, 0) is 67.9 Å². The zero-order chi connectivity index (χ0) is 20.6. The predicted octanol–water partition coefficient (Wildman–Crippen LogP) is 4.74. The number of amides is 1. The number of hydrogen-bond acceptors (Lipinski definition) is 4. The average molecular weight is 392 g/mol. The van der Waals surface area contributed by atoms with E-state index < -0.39 is 0 Å². The van der Waals surface area contributed by atoms with Gasteiger partial charge in [0.05, 0.1) is 5.56 Å². The fourth-order valence-corrected chi connectivity index (χ4v) is 2.98. The summed E-state index contributed by atoms with van der Waals surface area (Å²) in [6.07, 6.45) is 1.53. The maximum atomic E-state index is 12.9. The van der Waals surface area contributed by atoms with E-state index >= 15 is 0 Å². The number of anilines is 3. The Hall–Kier alpha value is -3.41. The molecular weight excluding hydrogens is 367 g/mol. The van der Waals surface area contributed by atoms with Crippen molar-refractivity contribution in [2.75, 3.05) is 23.3 Å². The zero-order valence-electron chi connectivity index (χ0n) is 16.7. The van der Waals surface area contributed by atoms with Crippen molar-refractivity contribution < 1.29 is 9.18 Å². The number of nitrogens with zero attached hydrogens (tertiary/aromatic N) is 2. The summed E-state index contributed by atoms with van der Waals surface area (Å²) < 4.78 is 12.9. The number of rotatable bonds is 8. The lowest BCUT2D eigenvalue weighted by Crippen LogP contribution is -2.22. The van der Waals surface area contributed by atoms with Gasteiger partial charge in [0.1, 0.15) is 11.6 Å². The predicted molar refractivity (Wildman–Crippen MR) is 115 cm³/mol. The molecule has 0 aliphatic rings. The van der Waals surface area contributed by atoms with Crippen molar-refractivity contribution in [3.63, 3.8) is 0 Å². The molecule has 0 aliphatic heterocycles. The first kappa shape index (κ1) is 20.3. The van der Waals surface area contributed by atoms with E-state index in [1.165, 1.54) is 24.0 Å². The Kier molecular flexibility index (Phi) is 6.79. The lowest BCUT2D eigenvalue weighted by atomic mass is 10.2. The van der Waals surface area contributed by atoms with Gasteiger partial charge in [-0.2, -0.15) is 0 Å². The molecular formula is C23H25FN4O. The number of hydrogen-bond donors (Lipinski definition) is 2. The summed E-state index contributed by atoms with van der Waals surface area (Å²) in [5, 5.41) is 6.04. The van der Waals surface area contributed by atoms with E-state index in [0.29, 0.717) is 17.9 Å². The van der Waals surface area contributed by atoms with Gasteiger partial charge in [0.15, 0.2) is 0 Å². The van der Waals surface area contributed by atoms with Crippen molar-refractivity contribution in [3.8, 4) is 0 Å². The quantitative estimate of drug-likeness (QED) is 0.581. The SMILES string of the molecule is CCN(CC)c1ccc(Nc2ccc(C(=O)NCc3ccc(F)cc3)cn2)cc1. The maximum absolute atomic E-state index is 12.9. The number of halogens is 1. The molecule has 5 nitrogen and oxygen atoms in total. The van der Waals surface area contributed by atoms with Crippen LogP contribution in [-0.4, -0.2) is 24.0 Å². The number of benzene rings is 2. The van der Waals surface area contributed by atoms with Crippen LogP contribution >= 0.6 is 0 Å². The van der Waals surface area contributed by atoms with Crippen molar-refractivity contribution >= 4 is 23.1 Å². The van der Waals surface area contributed by atoms with E-state index in [4.69, 9.17) is 0 Å². The molecule has 0 atom stereocenters. The zero-order valence-corrected chi connectivity index (χ0v) is 16.7. The first-order valence-corrected chi connectivity index (χ1v) is 9.69. The molecule has 6 heteroatoms. The van der Waals surface area contributed by atoms with Gasteiger partial charge in [-0.15, -0.1) is 0 Å². The first-order valence-electron chi connectivity index (χ1n) is 9.69. The van der Waals surface area contributed by atoms with E-state index in [1.54, 1.807) is 24.3 Å². The molecule has 0 fully saturated rings. The van der Waals surface area contributed by atoms with Crippen LogP contribution in [0.4, 0.5) is 21.6 Å². The third kappa shape index (κ3) is 5.54. The van der Waals surface area contributed by atoms with Gasteiger partial charge in [-0.3, -0.25) is 4.79 Å². The summed E-state index contributed by atoms with van der Waals surface area (Å²) in [5.74, 6) is 0.141. The Morgan fingerprint density at radius 3 is 2.24 bits per heavy atom. The lowest BCUT2D eigenvalue weighted by molar-refractivity contribution is 0.0950. The van der Waals surface area contributed by atoms with Gasteiger partial charge in [0.2, 0.25) is 0 Å². The molecule has 0 radical (unpaired) electrons. The average Bonchev–Trinajstić information content (AvgIpc) is 2.76. The molecule has 0 aliphatic carbocycles. The topological polar surface area (TPSA) is 57.3 Å². The van der Waals surface area contributed by atoms with Crippen LogP contribution in [0.3, 0.4) is 0 Å².